The van der Waals surface area contributed by atoms with Crippen LogP contribution in [0, 0.1) is 10.1 Å². The molecule has 3 rings (SSSR count). The Morgan fingerprint density at radius 2 is 1.81 bits per heavy atom. The summed E-state index contributed by atoms with van der Waals surface area (Å²) in [5.41, 5.74) is 1.93. The Balaban J connectivity index is 1.83. The van der Waals surface area contributed by atoms with Crippen LogP contribution in [0.15, 0.2) is 36.4 Å². The number of ether oxygens (including phenoxy) is 2. The molecule has 0 heterocycles. The Bertz CT molecular complexity index is 886. The molecule has 2 aromatic carbocycles. The van der Waals surface area contributed by atoms with E-state index in [-0.39, 0.29) is 17.1 Å². The molecule has 2 aromatic rings. The maximum atomic E-state index is 12.0. The molecule has 0 spiro atoms. The lowest BCUT2D eigenvalue weighted by Crippen LogP contribution is -2.27. The van der Waals surface area contributed by atoms with Crippen molar-refractivity contribution in [2.75, 3.05) is 5.32 Å². The van der Waals surface area contributed by atoms with Crippen LogP contribution in [0.1, 0.15) is 38.3 Å². The highest BCUT2D eigenvalue weighted by Crippen LogP contribution is 2.32. The van der Waals surface area contributed by atoms with Gasteiger partial charge in [-0.3, -0.25) is 15.4 Å². The largest absolute Gasteiger partial charge is 0.457 e. The average molecular weight is 370 g/mol. The van der Waals surface area contributed by atoms with Gasteiger partial charge < -0.3 is 9.47 Å². The van der Waals surface area contributed by atoms with Gasteiger partial charge in [0, 0.05) is 12.1 Å². The zero-order valence-corrected chi connectivity index (χ0v) is 15.6. The Labute approximate surface area is 157 Å². The first-order valence-corrected chi connectivity index (χ1v) is 8.79. The summed E-state index contributed by atoms with van der Waals surface area (Å²) in [6, 6.07) is 9.96. The average Bonchev–Trinajstić information content (AvgIpc) is 3.00. The monoisotopic (exact) mass is 370 g/mol. The molecule has 7 heteroatoms. The maximum absolute atomic E-state index is 12.0. The summed E-state index contributed by atoms with van der Waals surface area (Å²) >= 11 is 0. The predicted octanol–water partition coefficient (Wildman–Crippen LogP) is 5.22. The van der Waals surface area contributed by atoms with Crippen LogP contribution in [0.5, 0.6) is 11.5 Å². The van der Waals surface area contributed by atoms with Crippen molar-refractivity contribution in [3.8, 4) is 11.5 Å². The molecular weight excluding hydrogens is 348 g/mol. The first-order valence-electron chi connectivity index (χ1n) is 8.79. The molecule has 1 aliphatic rings. The topological polar surface area (TPSA) is 90.7 Å². The smallest absolute Gasteiger partial charge is 0.412 e. The van der Waals surface area contributed by atoms with Crippen LogP contribution in [0.2, 0.25) is 0 Å². The number of amides is 1. The molecule has 0 saturated carbocycles. The van der Waals surface area contributed by atoms with Gasteiger partial charge in [0.1, 0.15) is 17.1 Å². The number of benzene rings is 2. The van der Waals surface area contributed by atoms with Crippen molar-refractivity contribution in [2.24, 2.45) is 0 Å². The summed E-state index contributed by atoms with van der Waals surface area (Å²) < 4.78 is 11.0. The van der Waals surface area contributed by atoms with Gasteiger partial charge in [0.05, 0.1) is 16.7 Å². The molecule has 1 N–H and O–H groups in total. The van der Waals surface area contributed by atoms with Crippen LogP contribution < -0.4 is 10.1 Å². The number of aryl methyl sites for hydroxylation is 2. The van der Waals surface area contributed by atoms with Gasteiger partial charge in [0.2, 0.25) is 0 Å². The summed E-state index contributed by atoms with van der Waals surface area (Å²) in [6.45, 7) is 5.22. The number of nitro benzene ring substituents is 1. The zero-order chi connectivity index (χ0) is 19.6. The van der Waals surface area contributed by atoms with Crippen molar-refractivity contribution in [1.29, 1.82) is 0 Å². The molecule has 0 unspecified atom stereocenters. The van der Waals surface area contributed by atoms with Crippen molar-refractivity contribution in [1.82, 2.24) is 0 Å². The quantitative estimate of drug-likeness (QED) is 0.588. The Hall–Kier alpha value is -3.09. The minimum atomic E-state index is -0.688. The molecule has 7 nitrogen and oxygen atoms in total. The van der Waals surface area contributed by atoms with Gasteiger partial charge in [-0.25, -0.2) is 4.79 Å². The number of nitrogens with one attached hydrogen (secondary N) is 1. The lowest BCUT2D eigenvalue weighted by molar-refractivity contribution is -0.384. The van der Waals surface area contributed by atoms with Gasteiger partial charge in [-0.2, -0.15) is 0 Å². The van der Waals surface area contributed by atoms with Crippen LogP contribution in [-0.4, -0.2) is 16.6 Å². The van der Waals surface area contributed by atoms with Crippen LogP contribution in [0.25, 0.3) is 0 Å². The summed E-state index contributed by atoms with van der Waals surface area (Å²) in [5.74, 6) is 0.882. The number of carbonyl (C=O) groups is 1. The van der Waals surface area contributed by atoms with Gasteiger partial charge in [-0.05, 0) is 63.3 Å². The van der Waals surface area contributed by atoms with E-state index in [1.54, 1.807) is 20.8 Å². The second-order valence-corrected chi connectivity index (χ2v) is 7.49. The molecular formula is C20H22N2O5. The summed E-state index contributed by atoms with van der Waals surface area (Å²) in [7, 11) is 0. The highest BCUT2D eigenvalue weighted by Gasteiger charge is 2.19. The Morgan fingerprint density at radius 3 is 2.52 bits per heavy atom. The normalized spacial score (nSPS) is 13.0. The second kappa shape index (κ2) is 7.26. The lowest BCUT2D eigenvalue weighted by atomic mass is 10.1. The highest BCUT2D eigenvalue weighted by molar-refractivity contribution is 5.85. The predicted molar refractivity (Wildman–Crippen MR) is 101 cm³/mol. The number of hydrogen-bond donors (Lipinski definition) is 1. The number of fused-ring (bicyclic) bond motifs is 1. The van der Waals surface area contributed by atoms with E-state index >= 15 is 0 Å². The lowest BCUT2D eigenvalue weighted by Gasteiger charge is -2.19. The number of anilines is 1. The summed E-state index contributed by atoms with van der Waals surface area (Å²) in [5, 5.41) is 13.7. The van der Waals surface area contributed by atoms with E-state index in [2.05, 4.69) is 5.32 Å². The van der Waals surface area contributed by atoms with E-state index in [9.17, 15) is 14.9 Å². The third-order valence-electron chi connectivity index (χ3n) is 4.05. The molecule has 0 bridgehead atoms. The van der Waals surface area contributed by atoms with E-state index in [0.29, 0.717) is 5.75 Å². The fourth-order valence-electron chi connectivity index (χ4n) is 2.99. The molecule has 27 heavy (non-hydrogen) atoms. The van der Waals surface area contributed by atoms with E-state index in [1.165, 1.54) is 29.3 Å². The van der Waals surface area contributed by atoms with E-state index < -0.39 is 16.6 Å². The molecule has 1 aliphatic carbocycles. The Kier molecular flexibility index (Phi) is 5.03. The summed E-state index contributed by atoms with van der Waals surface area (Å²) in [6.07, 6.45) is 2.51. The van der Waals surface area contributed by atoms with Crippen molar-refractivity contribution in [3.63, 3.8) is 0 Å². The molecule has 0 saturated heterocycles. The number of nitro groups is 1. The maximum Gasteiger partial charge on any atom is 0.412 e. The van der Waals surface area contributed by atoms with E-state index in [4.69, 9.17) is 9.47 Å². The minimum Gasteiger partial charge on any atom is -0.457 e. The van der Waals surface area contributed by atoms with Crippen LogP contribution in [0.3, 0.4) is 0 Å². The van der Waals surface area contributed by atoms with Gasteiger partial charge in [-0.1, -0.05) is 6.07 Å². The van der Waals surface area contributed by atoms with Gasteiger partial charge in [-0.15, -0.1) is 0 Å². The summed E-state index contributed by atoms with van der Waals surface area (Å²) in [4.78, 5) is 22.7. The van der Waals surface area contributed by atoms with E-state index in [1.807, 2.05) is 18.2 Å². The number of carbonyl (C=O) groups excluding carboxylic acids is 1. The SMILES string of the molecule is CC(C)(C)OC(=O)Nc1cc(Oc2ccc3c(c2)CCC3)cc([N+](=O)[O-])c1. The fourth-order valence-corrected chi connectivity index (χ4v) is 2.99. The zero-order valence-electron chi connectivity index (χ0n) is 15.6. The Morgan fingerprint density at radius 1 is 1.07 bits per heavy atom. The molecule has 0 aliphatic heterocycles. The number of hydrogen-bond acceptors (Lipinski definition) is 5. The second-order valence-electron chi connectivity index (χ2n) is 7.49. The first kappa shape index (κ1) is 18.7. The van der Waals surface area contributed by atoms with Gasteiger partial charge in [0.15, 0.2) is 0 Å². The van der Waals surface area contributed by atoms with Crippen molar-refractivity contribution < 1.29 is 19.2 Å². The molecule has 0 radical (unpaired) electrons. The molecule has 0 aromatic heterocycles. The molecule has 0 atom stereocenters. The van der Waals surface area contributed by atoms with Gasteiger partial charge in [0.25, 0.3) is 5.69 Å². The van der Waals surface area contributed by atoms with E-state index in [0.717, 1.165) is 19.3 Å². The highest BCUT2D eigenvalue weighted by atomic mass is 16.6. The van der Waals surface area contributed by atoms with Crippen LogP contribution >= 0.6 is 0 Å². The number of nitrogens with zero attached hydrogens (tertiary/aromatic N) is 1. The fraction of sp³-hybridized carbons (Fsp3) is 0.350. The third-order valence-corrected chi connectivity index (χ3v) is 4.05. The van der Waals surface area contributed by atoms with Crippen LogP contribution in [-0.2, 0) is 17.6 Å². The number of non-ortho nitro benzene ring substituents is 1. The third kappa shape index (κ3) is 4.97. The minimum absolute atomic E-state index is 0.181. The number of rotatable bonds is 4. The molecule has 0 fully saturated rings. The van der Waals surface area contributed by atoms with Crippen molar-refractivity contribution in [2.45, 2.75) is 45.6 Å². The standard InChI is InChI=1S/C20H22N2O5/c1-20(2,3)27-19(23)21-15-10-16(22(24)25)12-18(11-15)26-17-8-7-13-5-4-6-14(13)9-17/h7-12H,4-6H2,1-3H3,(H,21,23). The van der Waals surface area contributed by atoms with Crippen molar-refractivity contribution in [3.05, 3.63) is 57.6 Å². The molecule has 1 amide bonds. The first-order chi connectivity index (χ1) is 12.7. The van der Waals surface area contributed by atoms with Crippen LogP contribution in [0.4, 0.5) is 16.2 Å². The van der Waals surface area contributed by atoms with Gasteiger partial charge >= 0.3 is 6.09 Å². The van der Waals surface area contributed by atoms with Crippen molar-refractivity contribution >= 4 is 17.5 Å². The molecule has 142 valence electrons.